The Hall–Kier alpha value is 0.390. The van der Waals surface area contributed by atoms with Crippen LogP contribution in [-0.2, 0) is 11.3 Å². The van der Waals surface area contributed by atoms with E-state index < -0.39 is 0 Å². The molecule has 0 unspecified atom stereocenters. The highest BCUT2D eigenvalue weighted by atomic mass is 127. The van der Waals surface area contributed by atoms with Crippen LogP contribution in [-0.4, -0.2) is 10.0 Å². The second kappa shape index (κ2) is 7.25. The van der Waals surface area contributed by atoms with E-state index in [1.807, 2.05) is 0 Å². The number of benzene rings is 1. The van der Waals surface area contributed by atoms with Gasteiger partial charge in [0.2, 0.25) is 0 Å². The molecule has 3 heteroatoms. The first kappa shape index (κ1) is 14.8. The van der Waals surface area contributed by atoms with Crippen molar-refractivity contribution in [3.63, 3.8) is 0 Å². The number of hydrogen-bond donors (Lipinski definition) is 0. The topological polar surface area (TPSA) is 9.23 Å². The molecule has 1 aromatic rings. The maximum absolute atomic E-state index is 6.30. The third kappa shape index (κ3) is 4.20. The van der Waals surface area contributed by atoms with Gasteiger partial charge in [0.1, 0.15) is 0 Å². The average Bonchev–Trinajstić information content (AvgIpc) is 2.64. The zero-order valence-corrected chi connectivity index (χ0v) is 14.4. The lowest BCUT2D eigenvalue weighted by molar-refractivity contribution is -0.0472. The van der Waals surface area contributed by atoms with E-state index in [1.54, 1.807) is 0 Å². The molecule has 0 spiro atoms. The fourth-order valence-corrected chi connectivity index (χ4v) is 3.75. The Morgan fingerprint density at radius 1 is 1.06 bits per heavy atom. The second-order valence-electron chi connectivity index (χ2n) is 5.15. The molecule has 0 bridgehead atoms. The number of hydrogen-bond acceptors (Lipinski definition) is 1. The van der Waals surface area contributed by atoms with Crippen molar-refractivity contribution in [2.45, 2.75) is 50.7 Å². The van der Waals surface area contributed by atoms with Crippen molar-refractivity contribution in [3.8, 4) is 0 Å². The molecule has 0 saturated heterocycles. The number of alkyl halides is 1. The maximum atomic E-state index is 6.30. The fourth-order valence-electron chi connectivity index (χ4n) is 2.51. The van der Waals surface area contributed by atoms with Crippen LogP contribution in [0.25, 0.3) is 0 Å². The summed E-state index contributed by atoms with van der Waals surface area (Å²) >= 11 is 5.96. The van der Waals surface area contributed by atoms with E-state index >= 15 is 0 Å². The van der Waals surface area contributed by atoms with Crippen LogP contribution >= 0.6 is 38.5 Å². The monoisotopic (exact) mass is 422 g/mol. The van der Waals surface area contributed by atoms with E-state index in [9.17, 15) is 0 Å². The lowest BCUT2D eigenvalue weighted by Crippen LogP contribution is -2.33. The van der Waals surface area contributed by atoms with Crippen LogP contribution in [0.3, 0.4) is 0 Å². The molecule has 18 heavy (non-hydrogen) atoms. The first-order valence-electron chi connectivity index (χ1n) is 6.68. The molecule has 1 aliphatic carbocycles. The van der Waals surface area contributed by atoms with Gasteiger partial charge in [0.25, 0.3) is 0 Å². The van der Waals surface area contributed by atoms with Gasteiger partial charge in [0, 0.05) is 8.90 Å². The lowest BCUT2D eigenvalue weighted by Gasteiger charge is -2.31. The van der Waals surface area contributed by atoms with Crippen LogP contribution in [0.5, 0.6) is 0 Å². The van der Waals surface area contributed by atoms with E-state index in [1.165, 1.54) is 44.1 Å². The Labute approximate surface area is 132 Å². The lowest BCUT2D eigenvalue weighted by atomic mass is 9.96. The summed E-state index contributed by atoms with van der Waals surface area (Å²) in [6, 6.07) is 8.45. The van der Waals surface area contributed by atoms with Crippen molar-refractivity contribution < 1.29 is 4.74 Å². The highest BCUT2D eigenvalue weighted by molar-refractivity contribution is 14.1. The largest absolute Gasteiger partial charge is 0.370 e. The second-order valence-corrected chi connectivity index (χ2v) is 6.82. The summed E-state index contributed by atoms with van der Waals surface area (Å²) in [5.74, 6) is 0. The van der Waals surface area contributed by atoms with Crippen molar-refractivity contribution >= 4 is 38.5 Å². The molecule has 0 aliphatic heterocycles. The third-order valence-electron chi connectivity index (χ3n) is 3.72. The van der Waals surface area contributed by atoms with Gasteiger partial charge in [-0.25, -0.2) is 0 Å². The molecule has 1 nitrogen and oxygen atoms in total. The van der Waals surface area contributed by atoms with Gasteiger partial charge in [0.15, 0.2) is 0 Å². The first-order valence-corrected chi connectivity index (χ1v) is 9.00. The minimum absolute atomic E-state index is 0.129. The third-order valence-corrected chi connectivity index (χ3v) is 5.64. The van der Waals surface area contributed by atoms with Crippen molar-refractivity contribution in [2.75, 3.05) is 4.43 Å². The van der Waals surface area contributed by atoms with Gasteiger partial charge in [-0.3, -0.25) is 0 Å². The summed E-state index contributed by atoms with van der Waals surface area (Å²) in [5.41, 5.74) is 1.40. The van der Waals surface area contributed by atoms with Crippen molar-refractivity contribution in [1.29, 1.82) is 0 Å². The smallest absolute Gasteiger partial charge is 0.0776 e. The Morgan fingerprint density at radius 3 is 2.22 bits per heavy atom. The Balaban J connectivity index is 1.95. The van der Waals surface area contributed by atoms with Crippen LogP contribution in [0.15, 0.2) is 28.7 Å². The standard InChI is InChI=1S/C15H20BrIO/c16-14-7-5-13(6-8-14)11-18-15(12-17)9-3-1-2-4-10-15/h5-8H,1-4,9-12H2. The molecule has 0 aromatic heterocycles. The van der Waals surface area contributed by atoms with Gasteiger partial charge >= 0.3 is 0 Å². The predicted molar refractivity (Wildman–Crippen MR) is 88.3 cm³/mol. The first-order chi connectivity index (χ1) is 8.74. The number of rotatable bonds is 4. The van der Waals surface area contributed by atoms with Crippen molar-refractivity contribution in [2.24, 2.45) is 0 Å². The van der Waals surface area contributed by atoms with E-state index in [0.29, 0.717) is 0 Å². The summed E-state index contributed by atoms with van der Waals surface area (Å²) in [7, 11) is 0. The quantitative estimate of drug-likeness (QED) is 0.354. The molecule has 100 valence electrons. The van der Waals surface area contributed by atoms with Crippen molar-refractivity contribution in [3.05, 3.63) is 34.3 Å². The summed E-state index contributed by atoms with van der Waals surface area (Å²) in [6.07, 6.45) is 7.85. The Bertz CT molecular complexity index is 355. The van der Waals surface area contributed by atoms with Crippen LogP contribution < -0.4 is 0 Å². The molecule has 0 N–H and O–H groups in total. The van der Waals surface area contributed by atoms with Crippen molar-refractivity contribution in [1.82, 2.24) is 0 Å². The van der Waals surface area contributed by atoms with Gasteiger partial charge in [0.05, 0.1) is 12.2 Å². The minimum Gasteiger partial charge on any atom is -0.370 e. The van der Waals surface area contributed by atoms with Gasteiger partial charge in [-0.15, -0.1) is 0 Å². The number of halogens is 2. The molecule has 1 saturated carbocycles. The molecular weight excluding hydrogens is 403 g/mol. The molecule has 1 fully saturated rings. The number of ether oxygens (including phenoxy) is 1. The minimum atomic E-state index is 0.129. The summed E-state index contributed by atoms with van der Waals surface area (Å²) in [6.45, 7) is 0.746. The summed E-state index contributed by atoms with van der Waals surface area (Å²) in [5, 5.41) is 0. The Morgan fingerprint density at radius 2 is 1.67 bits per heavy atom. The zero-order chi connectivity index (χ0) is 12.8. The van der Waals surface area contributed by atoms with E-state index in [0.717, 1.165) is 15.5 Å². The normalized spacial score (nSPS) is 19.4. The van der Waals surface area contributed by atoms with Crippen LogP contribution in [0.1, 0.15) is 44.1 Å². The van der Waals surface area contributed by atoms with Gasteiger partial charge < -0.3 is 4.74 Å². The molecule has 0 atom stereocenters. The van der Waals surface area contributed by atoms with Gasteiger partial charge in [-0.1, -0.05) is 76.3 Å². The highest BCUT2D eigenvalue weighted by Gasteiger charge is 2.30. The van der Waals surface area contributed by atoms with Crippen LogP contribution in [0.4, 0.5) is 0 Å². The van der Waals surface area contributed by atoms with Crippen LogP contribution in [0.2, 0.25) is 0 Å². The molecule has 0 amide bonds. The fraction of sp³-hybridized carbons (Fsp3) is 0.600. The maximum Gasteiger partial charge on any atom is 0.0776 e. The SMILES string of the molecule is Brc1ccc(COC2(CI)CCCCCC2)cc1. The average molecular weight is 423 g/mol. The molecule has 1 aliphatic rings. The van der Waals surface area contributed by atoms with E-state index in [2.05, 4.69) is 62.8 Å². The summed E-state index contributed by atoms with van der Waals surface area (Å²) in [4.78, 5) is 0. The van der Waals surface area contributed by atoms with Gasteiger partial charge in [-0.05, 0) is 30.5 Å². The molecular formula is C15H20BrIO. The highest BCUT2D eigenvalue weighted by Crippen LogP contribution is 2.33. The zero-order valence-electron chi connectivity index (χ0n) is 10.6. The Kier molecular flexibility index (Phi) is 5.96. The van der Waals surface area contributed by atoms with Gasteiger partial charge in [-0.2, -0.15) is 0 Å². The van der Waals surface area contributed by atoms with E-state index in [4.69, 9.17) is 4.74 Å². The molecule has 0 heterocycles. The van der Waals surface area contributed by atoms with E-state index in [-0.39, 0.29) is 5.60 Å². The molecule has 0 radical (unpaired) electrons. The molecule has 2 rings (SSSR count). The summed E-state index contributed by atoms with van der Waals surface area (Å²) < 4.78 is 8.54. The predicted octanol–water partition coefficient (Wildman–Crippen LogP) is 5.49. The van der Waals surface area contributed by atoms with Crippen LogP contribution in [0, 0.1) is 0 Å². The molecule has 1 aromatic carbocycles.